The molecule has 0 saturated carbocycles. The number of ether oxygens (including phenoxy) is 1. The standard InChI is InChI=1S/C25H30N4O4S/c1-16(19-6-5-7-20(14-19)33-3)26-24(30)18-10-12-29(13-11-18)25-27-17(2)22-9-8-21(34(4,31)32)15-23(22)28-25/h5-9,14-16,18H,10-13H2,1-4H3,(H,26,30)/t16-/m1/s1. The molecule has 0 aliphatic carbocycles. The predicted molar refractivity (Wildman–Crippen MR) is 132 cm³/mol. The van der Waals surface area contributed by atoms with Crippen LogP contribution >= 0.6 is 0 Å². The van der Waals surface area contributed by atoms with Gasteiger partial charge < -0.3 is 15.0 Å². The van der Waals surface area contributed by atoms with E-state index in [-0.39, 0.29) is 22.8 Å². The van der Waals surface area contributed by atoms with E-state index in [4.69, 9.17) is 4.74 Å². The van der Waals surface area contributed by atoms with Crippen molar-refractivity contribution in [2.24, 2.45) is 5.92 Å². The number of sulfone groups is 1. The molecule has 1 aromatic heterocycles. The number of hydrogen-bond acceptors (Lipinski definition) is 7. The number of aromatic nitrogens is 2. The first-order valence-electron chi connectivity index (χ1n) is 11.3. The van der Waals surface area contributed by atoms with Crippen molar-refractivity contribution in [3.63, 3.8) is 0 Å². The smallest absolute Gasteiger partial charge is 0.226 e. The van der Waals surface area contributed by atoms with Crippen molar-refractivity contribution < 1.29 is 17.9 Å². The van der Waals surface area contributed by atoms with Gasteiger partial charge in [0.2, 0.25) is 11.9 Å². The van der Waals surface area contributed by atoms with Crippen molar-refractivity contribution in [1.29, 1.82) is 0 Å². The van der Waals surface area contributed by atoms with Gasteiger partial charge in [0.15, 0.2) is 9.84 Å². The second-order valence-electron chi connectivity index (χ2n) is 8.83. The lowest BCUT2D eigenvalue weighted by Crippen LogP contribution is -2.41. The number of aryl methyl sites for hydroxylation is 1. The van der Waals surface area contributed by atoms with Crippen LogP contribution in [0.1, 0.15) is 37.1 Å². The topological polar surface area (TPSA) is 101 Å². The van der Waals surface area contributed by atoms with E-state index in [0.29, 0.717) is 37.4 Å². The van der Waals surface area contributed by atoms with Gasteiger partial charge in [-0.3, -0.25) is 4.79 Å². The van der Waals surface area contributed by atoms with Crippen LogP contribution in [0.5, 0.6) is 5.75 Å². The SMILES string of the molecule is COc1cccc([C@@H](C)NC(=O)C2CCN(c3nc(C)c4ccc(S(C)(=O)=O)cc4n3)CC2)c1. The van der Waals surface area contributed by atoms with Gasteiger partial charge in [0.05, 0.1) is 29.3 Å². The molecule has 1 amide bonds. The Hall–Kier alpha value is -3.20. The molecule has 2 heterocycles. The third kappa shape index (κ3) is 5.14. The predicted octanol–water partition coefficient (Wildman–Crippen LogP) is 3.44. The van der Waals surface area contributed by atoms with E-state index in [1.807, 2.05) is 38.1 Å². The summed E-state index contributed by atoms with van der Waals surface area (Å²) in [5.41, 5.74) is 2.41. The number of benzene rings is 2. The number of anilines is 1. The normalized spacial score (nSPS) is 15.8. The molecule has 0 unspecified atom stereocenters. The van der Waals surface area contributed by atoms with E-state index in [1.54, 1.807) is 25.3 Å². The molecule has 34 heavy (non-hydrogen) atoms. The third-order valence-corrected chi connectivity index (χ3v) is 7.49. The molecule has 1 aliphatic heterocycles. The first-order chi connectivity index (χ1) is 16.2. The largest absolute Gasteiger partial charge is 0.497 e. The number of amides is 1. The monoisotopic (exact) mass is 482 g/mol. The summed E-state index contributed by atoms with van der Waals surface area (Å²) in [6, 6.07) is 12.5. The van der Waals surface area contributed by atoms with Crippen molar-refractivity contribution in [1.82, 2.24) is 15.3 Å². The number of piperidine rings is 1. The van der Waals surface area contributed by atoms with E-state index in [0.717, 1.165) is 22.4 Å². The average Bonchev–Trinajstić information content (AvgIpc) is 2.83. The molecule has 0 spiro atoms. The molecule has 8 nitrogen and oxygen atoms in total. The zero-order chi connectivity index (χ0) is 24.5. The Kier molecular flexibility index (Phi) is 6.74. The molecule has 1 saturated heterocycles. The minimum Gasteiger partial charge on any atom is -0.497 e. The van der Waals surface area contributed by atoms with Crippen molar-refractivity contribution in [2.45, 2.75) is 37.6 Å². The molecule has 3 aromatic rings. The number of hydrogen-bond donors (Lipinski definition) is 1. The van der Waals surface area contributed by atoms with Gasteiger partial charge in [-0.1, -0.05) is 12.1 Å². The molecule has 1 aliphatic rings. The summed E-state index contributed by atoms with van der Waals surface area (Å²) in [4.78, 5) is 24.5. The lowest BCUT2D eigenvalue weighted by molar-refractivity contribution is -0.126. The van der Waals surface area contributed by atoms with Gasteiger partial charge in [-0.2, -0.15) is 0 Å². The van der Waals surface area contributed by atoms with E-state index in [1.165, 1.54) is 6.26 Å². The summed E-state index contributed by atoms with van der Waals surface area (Å²) in [6.45, 7) is 5.18. The summed E-state index contributed by atoms with van der Waals surface area (Å²) in [6.07, 6.45) is 2.58. The molecular weight excluding hydrogens is 452 g/mol. The Morgan fingerprint density at radius 1 is 1.15 bits per heavy atom. The number of rotatable bonds is 6. The quantitative estimate of drug-likeness (QED) is 0.574. The van der Waals surface area contributed by atoms with Gasteiger partial charge in [0.25, 0.3) is 0 Å². The van der Waals surface area contributed by atoms with Gasteiger partial charge in [0.1, 0.15) is 5.75 Å². The molecule has 1 atom stereocenters. The zero-order valence-electron chi connectivity index (χ0n) is 19.9. The number of carbonyl (C=O) groups excluding carboxylic acids is 1. The highest BCUT2D eigenvalue weighted by atomic mass is 32.2. The zero-order valence-corrected chi connectivity index (χ0v) is 20.7. The maximum atomic E-state index is 12.9. The highest BCUT2D eigenvalue weighted by Gasteiger charge is 2.27. The Labute approximate surface area is 200 Å². The maximum Gasteiger partial charge on any atom is 0.226 e. The van der Waals surface area contributed by atoms with Crippen LogP contribution < -0.4 is 15.0 Å². The van der Waals surface area contributed by atoms with Gasteiger partial charge in [-0.25, -0.2) is 18.4 Å². The van der Waals surface area contributed by atoms with Crippen molar-refractivity contribution in [3.8, 4) is 5.75 Å². The highest BCUT2D eigenvalue weighted by molar-refractivity contribution is 7.90. The number of fused-ring (bicyclic) bond motifs is 1. The molecule has 9 heteroatoms. The number of methoxy groups -OCH3 is 1. The lowest BCUT2D eigenvalue weighted by atomic mass is 9.95. The first kappa shape index (κ1) is 23.9. The maximum absolute atomic E-state index is 12.9. The van der Waals surface area contributed by atoms with E-state index in [2.05, 4.69) is 20.2 Å². The Morgan fingerprint density at radius 3 is 2.56 bits per heavy atom. The fraction of sp³-hybridized carbons (Fsp3) is 0.400. The summed E-state index contributed by atoms with van der Waals surface area (Å²) < 4.78 is 29.2. The van der Waals surface area contributed by atoms with E-state index >= 15 is 0 Å². The Morgan fingerprint density at radius 2 is 1.88 bits per heavy atom. The van der Waals surface area contributed by atoms with Crippen LogP contribution in [0.2, 0.25) is 0 Å². The minimum atomic E-state index is -3.32. The highest BCUT2D eigenvalue weighted by Crippen LogP contribution is 2.26. The van der Waals surface area contributed by atoms with Crippen LogP contribution in [0.15, 0.2) is 47.4 Å². The van der Waals surface area contributed by atoms with Crippen LogP contribution in [-0.2, 0) is 14.6 Å². The van der Waals surface area contributed by atoms with Gasteiger partial charge in [-0.05, 0) is 62.6 Å². The van der Waals surface area contributed by atoms with Gasteiger partial charge in [-0.15, -0.1) is 0 Å². The van der Waals surface area contributed by atoms with Gasteiger partial charge >= 0.3 is 0 Å². The molecule has 1 fully saturated rings. The third-order valence-electron chi connectivity index (χ3n) is 6.38. The van der Waals surface area contributed by atoms with Crippen LogP contribution in [0.3, 0.4) is 0 Å². The lowest BCUT2D eigenvalue weighted by Gasteiger charge is -2.32. The number of nitrogens with zero attached hydrogens (tertiary/aromatic N) is 3. The van der Waals surface area contributed by atoms with Crippen molar-refractivity contribution in [2.75, 3.05) is 31.4 Å². The molecule has 1 N–H and O–H groups in total. The van der Waals surface area contributed by atoms with Crippen LogP contribution in [0.25, 0.3) is 10.9 Å². The van der Waals surface area contributed by atoms with Crippen LogP contribution in [-0.4, -0.2) is 50.7 Å². The number of carbonyl (C=O) groups is 1. The second kappa shape index (κ2) is 9.58. The summed E-state index contributed by atoms with van der Waals surface area (Å²) in [7, 11) is -1.69. The Balaban J connectivity index is 1.43. The fourth-order valence-electron chi connectivity index (χ4n) is 4.29. The molecular formula is C25H30N4O4S. The van der Waals surface area contributed by atoms with Crippen LogP contribution in [0, 0.1) is 12.8 Å². The second-order valence-corrected chi connectivity index (χ2v) is 10.8. The van der Waals surface area contributed by atoms with Crippen molar-refractivity contribution >= 4 is 32.6 Å². The summed E-state index contributed by atoms with van der Waals surface area (Å²) >= 11 is 0. The van der Waals surface area contributed by atoms with E-state index < -0.39 is 9.84 Å². The average molecular weight is 483 g/mol. The summed E-state index contributed by atoms with van der Waals surface area (Å²) in [5.74, 6) is 1.30. The van der Waals surface area contributed by atoms with E-state index in [9.17, 15) is 13.2 Å². The molecule has 0 radical (unpaired) electrons. The minimum absolute atomic E-state index is 0.0448. The Bertz CT molecular complexity index is 1320. The fourth-order valence-corrected chi connectivity index (χ4v) is 4.93. The molecule has 2 aromatic carbocycles. The number of nitrogens with one attached hydrogen (secondary N) is 1. The van der Waals surface area contributed by atoms with Crippen LogP contribution in [0.4, 0.5) is 5.95 Å². The molecule has 0 bridgehead atoms. The molecule has 4 rings (SSSR count). The van der Waals surface area contributed by atoms with Crippen molar-refractivity contribution in [3.05, 3.63) is 53.7 Å². The first-order valence-corrected chi connectivity index (χ1v) is 13.2. The van der Waals surface area contributed by atoms with Gasteiger partial charge in [0, 0.05) is 30.6 Å². The summed E-state index contributed by atoms with van der Waals surface area (Å²) in [5, 5.41) is 3.95. The molecule has 180 valence electrons.